The number of carbonyl (C=O) groups excluding carboxylic acids is 1. The zero-order valence-corrected chi connectivity index (χ0v) is 10.2. The summed E-state index contributed by atoms with van der Waals surface area (Å²) in [6, 6.07) is 2.11. The molecular formula is C14H9ClN2O. The number of carbonyl (C=O) groups is 1. The second-order valence-corrected chi connectivity index (χ2v) is 4.90. The van der Waals surface area contributed by atoms with Crippen LogP contribution in [0.3, 0.4) is 0 Å². The molecule has 1 unspecified atom stereocenters. The summed E-state index contributed by atoms with van der Waals surface area (Å²) in [5, 5.41) is 12.5. The summed E-state index contributed by atoms with van der Waals surface area (Å²) in [5.41, 5.74) is 1.96. The van der Waals surface area contributed by atoms with Crippen LogP contribution < -0.4 is 5.32 Å². The second-order valence-electron chi connectivity index (χ2n) is 4.46. The quantitative estimate of drug-likeness (QED) is 0.722. The average Bonchev–Trinajstić information content (AvgIpc) is 2.36. The number of hydrogen-bond acceptors (Lipinski definition) is 2. The maximum absolute atomic E-state index is 11.5. The lowest BCUT2D eigenvalue weighted by molar-refractivity contribution is -0.117. The molecule has 0 aromatic heterocycles. The summed E-state index contributed by atoms with van der Waals surface area (Å²) in [7, 11) is 0. The molecule has 18 heavy (non-hydrogen) atoms. The first-order valence-corrected chi connectivity index (χ1v) is 5.92. The molecule has 1 amide bonds. The smallest absolute Gasteiger partial charge is 0.244 e. The molecule has 0 radical (unpaired) electrons. The Kier molecular flexibility index (Phi) is 2.29. The highest BCUT2D eigenvalue weighted by atomic mass is 35.5. The van der Waals surface area contributed by atoms with Crippen LogP contribution in [0.1, 0.15) is 0 Å². The monoisotopic (exact) mass is 256 g/mol. The first-order chi connectivity index (χ1) is 8.64. The third-order valence-electron chi connectivity index (χ3n) is 3.43. The maximum atomic E-state index is 11.5. The van der Waals surface area contributed by atoms with Crippen LogP contribution in [0, 0.1) is 16.7 Å². The third-order valence-corrected chi connectivity index (χ3v) is 3.66. The molecule has 4 heteroatoms. The normalized spacial score (nSPS) is 28.8. The molecule has 1 heterocycles. The number of amides is 1. The third kappa shape index (κ3) is 1.47. The van der Waals surface area contributed by atoms with Crippen LogP contribution in [0.25, 0.3) is 0 Å². The molecule has 1 spiro atoms. The Hall–Kier alpha value is -2.05. The van der Waals surface area contributed by atoms with Crippen LogP contribution in [-0.4, -0.2) is 12.5 Å². The van der Waals surface area contributed by atoms with Gasteiger partial charge in [-0.1, -0.05) is 17.7 Å². The average molecular weight is 257 g/mol. The van der Waals surface area contributed by atoms with Gasteiger partial charge >= 0.3 is 0 Å². The first kappa shape index (κ1) is 11.1. The molecule has 1 atom stereocenters. The van der Waals surface area contributed by atoms with Crippen LogP contribution in [0.2, 0.25) is 0 Å². The van der Waals surface area contributed by atoms with Crippen molar-refractivity contribution in [3.63, 3.8) is 0 Å². The molecule has 0 bridgehead atoms. The summed E-state index contributed by atoms with van der Waals surface area (Å²) in [6.07, 6.45) is 10.8. The number of hydrogen-bond donors (Lipinski definition) is 1. The van der Waals surface area contributed by atoms with Crippen molar-refractivity contribution < 1.29 is 4.79 Å². The predicted octanol–water partition coefficient (Wildman–Crippen LogP) is 2.11. The topological polar surface area (TPSA) is 52.9 Å². The van der Waals surface area contributed by atoms with Crippen LogP contribution in [0.4, 0.5) is 0 Å². The number of nitrogens with one attached hydrogen (secondary N) is 1. The predicted molar refractivity (Wildman–Crippen MR) is 68.4 cm³/mol. The molecule has 1 aliphatic heterocycles. The fourth-order valence-electron chi connectivity index (χ4n) is 2.50. The molecule has 1 N–H and O–H groups in total. The molecule has 0 aromatic rings. The van der Waals surface area contributed by atoms with E-state index < -0.39 is 0 Å². The maximum Gasteiger partial charge on any atom is 0.244 e. The van der Waals surface area contributed by atoms with Crippen molar-refractivity contribution in [3.8, 4) is 6.07 Å². The minimum Gasteiger partial charge on any atom is -0.351 e. The van der Waals surface area contributed by atoms with Gasteiger partial charge in [-0.25, -0.2) is 0 Å². The molecule has 3 rings (SSSR count). The standard InChI is InChI=1S/C14H9ClN2O/c15-12-1-2-14-8-17-13(18)6-11(14)4-9(7-16)3-10(14)5-12/h1-6H,8H2,(H,17,18). The van der Waals surface area contributed by atoms with Gasteiger partial charge in [-0.05, 0) is 35.5 Å². The Labute approximate surface area is 109 Å². The zero-order valence-electron chi connectivity index (χ0n) is 9.40. The van der Waals surface area contributed by atoms with Gasteiger partial charge in [-0.3, -0.25) is 4.79 Å². The minimum absolute atomic E-state index is 0.125. The number of allylic oxidation sites excluding steroid dienone is 6. The van der Waals surface area contributed by atoms with Gasteiger partial charge in [0.05, 0.1) is 17.1 Å². The van der Waals surface area contributed by atoms with Gasteiger partial charge < -0.3 is 5.32 Å². The lowest BCUT2D eigenvalue weighted by Gasteiger charge is -2.40. The fraction of sp³-hybridized carbons (Fsp3) is 0.143. The lowest BCUT2D eigenvalue weighted by atomic mass is 9.66. The van der Waals surface area contributed by atoms with Crippen LogP contribution >= 0.6 is 11.6 Å². The van der Waals surface area contributed by atoms with Crippen molar-refractivity contribution in [2.45, 2.75) is 0 Å². The summed E-state index contributed by atoms with van der Waals surface area (Å²) in [5.74, 6) is -0.125. The van der Waals surface area contributed by atoms with Crippen molar-refractivity contribution in [1.29, 1.82) is 5.26 Å². The fourth-order valence-corrected chi connectivity index (χ4v) is 2.68. The number of rotatable bonds is 0. The van der Waals surface area contributed by atoms with E-state index in [1.54, 1.807) is 12.2 Å². The Balaban J connectivity index is 2.23. The van der Waals surface area contributed by atoms with E-state index in [2.05, 4.69) is 11.4 Å². The van der Waals surface area contributed by atoms with Gasteiger partial charge in [0.1, 0.15) is 0 Å². The lowest BCUT2D eigenvalue weighted by Crippen LogP contribution is -2.43. The summed E-state index contributed by atoms with van der Waals surface area (Å²) in [6.45, 7) is 0.496. The molecule has 3 nitrogen and oxygen atoms in total. The van der Waals surface area contributed by atoms with Crippen molar-refractivity contribution in [3.05, 3.63) is 58.2 Å². The van der Waals surface area contributed by atoms with Gasteiger partial charge in [0.2, 0.25) is 5.91 Å². The van der Waals surface area contributed by atoms with Crippen molar-refractivity contribution >= 4 is 17.5 Å². The molecule has 0 aromatic carbocycles. The van der Waals surface area contributed by atoms with Gasteiger partial charge in [0.25, 0.3) is 0 Å². The molecule has 0 saturated heterocycles. The van der Waals surface area contributed by atoms with Crippen LogP contribution in [-0.2, 0) is 4.79 Å². The Morgan fingerprint density at radius 1 is 1.28 bits per heavy atom. The number of nitriles is 1. The molecule has 88 valence electrons. The number of nitrogens with zero attached hydrogens (tertiary/aromatic N) is 1. The molecule has 0 saturated carbocycles. The summed E-state index contributed by atoms with van der Waals surface area (Å²) >= 11 is 6.01. The molecule has 0 fully saturated rings. The highest BCUT2D eigenvalue weighted by Gasteiger charge is 2.40. The van der Waals surface area contributed by atoms with Crippen LogP contribution in [0.15, 0.2) is 58.2 Å². The summed E-state index contributed by atoms with van der Waals surface area (Å²) in [4.78, 5) is 11.5. The van der Waals surface area contributed by atoms with E-state index in [0.717, 1.165) is 11.1 Å². The zero-order chi connectivity index (χ0) is 12.8. The van der Waals surface area contributed by atoms with E-state index in [-0.39, 0.29) is 11.3 Å². The van der Waals surface area contributed by atoms with Gasteiger partial charge in [-0.15, -0.1) is 0 Å². The van der Waals surface area contributed by atoms with E-state index in [9.17, 15) is 4.79 Å². The van der Waals surface area contributed by atoms with Crippen molar-refractivity contribution in [2.75, 3.05) is 6.54 Å². The highest BCUT2D eigenvalue weighted by molar-refractivity contribution is 6.31. The first-order valence-electron chi connectivity index (χ1n) is 5.54. The second kappa shape index (κ2) is 3.72. The SMILES string of the molecule is N#CC1=CC2=CC(=O)NCC23C=CC(Cl)=CC3=C1. The van der Waals surface area contributed by atoms with E-state index in [0.29, 0.717) is 17.2 Å². The van der Waals surface area contributed by atoms with Crippen molar-refractivity contribution in [1.82, 2.24) is 5.32 Å². The Morgan fingerprint density at radius 2 is 2.06 bits per heavy atom. The van der Waals surface area contributed by atoms with Gasteiger partial charge in [0, 0.05) is 17.7 Å². The van der Waals surface area contributed by atoms with Crippen LogP contribution in [0.5, 0.6) is 0 Å². The Morgan fingerprint density at radius 3 is 2.83 bits per heavy atom. The largest absolute Gasteiger partial charge is 0.351 e. The highest BCUT2D eigenvalue weighted by Crippen LogP contribution is 2.46. The van der Waals surface area contributed by atoms with Gasteiger partial charge in [0.15, 0.2) is 0 Å². The Bertz CT molecular complexity index is 643. The minimum atomic E-state index is -0.368. The van der Waals surface area contributed by atoms with E-state index >= 15 is 0 Å². The van der Waals surface area contributed by atoms with E-state index in [1.807, 2.05) is 24.3 Å². The molecular weight excluding hydrogens is 248 g/mol. The molecule has 2 aliphatic carbocycles. The van der Waals surface area contributed by atoms with Gasteiger partial charge in [-0.2, -0.15) is 5.26 Å². The van der Waals surface area contributed by atoms with Crippen molar-refractivity contribution in [2.24, 2.45) is 5.41 Å². The van der Waals surface area contributed by atoms with E-state index in [4.69, 9.17) is 16.9 Å². The number of halogens is 1. The molecule has 3 aliphatic rings. The van der Waals surface area contributed by atoms with E-state index in [1.165, 1.54) is 0 Å². The summed E-state index contributed by atoms with van der Waals surface area (Å²) < 4.78 is 0.